The van der Waals surface area contributed by atoms with Crippen molar-refractivity contribution in [3.05, 3.63) is 59.7 Å². The van der Waals surface area contributed by atoms with Crippen molar-refractivity contribution in [2.24, 2.45) is 0 Å². The van der Waals surface area contributed by atoms with E-state index in [4.69, 9.17) is 0 Å². The van der Waals surface area contributed by atoms with Crippen LogP contribution in [0.3, 0.4) is 0 Å². The van der Waals surface area contributed by atoms with E-state index in [1.807, 2.05) is 4.90 Å². The average molecular weight is 412 g/mol. The molecule has 0 radical (unpaired) electrons. The Bertz CT molecular complexity index is 965. The van der Waals surface area contributed by atoms with Crippen LogP contribution in [0, 0.1) is 0 Å². The fourth-order valence-electron chi connectivity index (χ4n) is 3.08. The number of alkyl halides is 3. The fourth-order valence-corrected chi connectivity index (χ4v) is 4.54. The van der Waals surface area contributed by atoms with Crippen LogP contribution in [0.15, 0.2) is 53.4 Å². The Hall–Kier alpha value is -2.39. The van der Waals surface area contributed by atoms with E-state index in [2.05, 4.69) is 0 Å². The number of hydrogen-bond donors (Lipinski definition) is 0. The molecule has 0 saturated carbocycles. The van der Waals surface area contributed by atoms with Gasteiger partial charge in [0.2, 0.25) is 10.0 Å². The van der Waals surface area contributed by atoms with Gasteiger partial charge in [-0.1, -0.05) is 6.07 Å². The summed E-state index contributed by atoms with van der Waals surface area (Å²) >= 11 is 0. The standard InChI is InChI=1S/C19H19F3N2O3S/c1-14(25)15-5-7-17(8-6-15)23-9-11-24(12-10-23)28(26,27)18-4-2-3-16(13-18)19(20,21)22/h2-8,13H,9-12H2,1H3. The molecule has 28 heavy (non-hydrogen) atoms. The highest BCUT2D eigenvalue weighted by Gasteiger charge is 2.34. The molecule has 0 aromatic heterocycles. The summed E-state index contributed by atoms with van der Waals surface area (Å²) in [5, 5.41) is 0. The maximum atomic E-state index is 12.9. The van der Waals surface area contributed by atoms with Gasteiger partial charge < -0.3 is 4.90 Å². The highest BCUT2D eigenvalue weighted by Crippen LogP contribution is 2.31. The Morgan fingerprint density at radius 2 is 1.57 bits per heavy atom. The van der Waals surface area contributed by atoms with Crippen LogP contribution in [-0.4, -0.2) is 44.7 Å². The highest BCUT2D eigenvalue weighted by molar-refractivity contribution is 7.89. The van der Waals surface area contributed by atoms with Gasteiger partial charge in [0.15, 0.2) is 5.78 Å². The largest absolute Gasteiger partial charge is 0.416 e. The summed E-state index contributed by atoms with van der Waals surface area (Å²) in [6, 6.07) is 10.8. The van der Waals surface area contributed by atoms with Crippen LogP contribution in [0.1, 0.15) is 22.8 Å². The van der Waals surface area contributed by atoms with Gasteiger partial charge in [-0.15, -0.1) is 0 Å². The third kappa shape index (κ3) is 4.20. The number of ketones is 1. The summed E-state index contributed by atoms with van der Waals surface area (Å²) in [6.45, 7) is 2.60. The lowest BCUT2D eigenvalue weighted by Gasteiger charge is -2.35. The van der Waals surface area contributed by atoms with Gasteiger partial charge >= 0.3 is 6.18 Å². The summed E-state index contributed by atoms with van der Waals surface area (Å²) in [6.07, 6.45) is -4.60. The first-order chi connectivity index (χ1) is 13.1. The number of sulfonamides is 1. The van der Waals surface area contributed by atoms with Crippen molar-refractivity contribution in [3.8, 4) is 0 Å². The normalized spacial score (nSPS) is 16.2. The van der Waals surface area contributed by atoms with Gasteiger partial charge in [-0.2, -0.15) is 17.5 Å². The minimum Gasteiger partial charge on any atom is -0.369 e. The van der Waals surface area contributed by atoms with Crippen molar-refractivity contribution < 1.29 is 26.4 Å². The van der Waals surface area contributed by atoms with Gasteiger partial charge in [-0.05, 0) is 49.4 Å². The lowest BCUT2D eigenvalue weighted by Crippen LogP contribution is -2.48. The molecule has 3 rings (SSSR count). The highest BCUT2D eigenvalue weighted by atomic mass is 32.2. The number of anilines is 1. The van der Waals surface area contributed by atoms with E-state index in [0.29, 0.717) is 24.7 Å². The SMILES string of the molecule is CC(=O)c1ccc(N2CCN(S(=O)(=O)c3cccc(C(F)(F)F)c3)CC2)cc1. The molecule has 0 spiro atoms. The number of Topliss-reactive ketones (excluding diaryl/α,β-unsaturated/α-hetero) is 1. The van der Waals surface area contributed by atoms with Crippen LogP contribution in [0.5, 0.6) is 0 Å². The molecule has 1 fully saturated rings. The summed E-state index contributed by atoms with van der Waals surface area (Å²) in [5.41, 5.74) is 0.466. The molecule has 2 aromatic carbocycles. The Morgan fingerprint density at radius 1 is 0.964 bits per heavy atom. The fraction of sp³-hybridized carbons (Fsp3) is 0.316. The molecule has 0 aliphatic carbocycles. The van der Waals surface area contributed by atoms with Gasteiger partial charge in [-0.3, -0.25) is 4.79 Å². The number of halogens is 3. The smallest absolute Gasteiger partial charge is 0.369 e. The van der Waals surface area contributed by atoms with Crippen molar-refractivity contribution >= 4 is 21.5 Å². The molecule has 1 heterocycles. The molecule has 0 amide bonds. The average Bonchev–Trinajstić information content (AvgIpc) is 2.67. The van der Waals surface area contributed by atoms with Gasteiger partial charge in [0.1, 0.15) is 0 Å². The maximum absolute atomic E-state index is 12.9. The van der Waals surface area contributed by atoms with Crippen LogP contribution in [-0.2, 0) is 16.2 Å². The summed E-state index contributed by atoms with van der Waals surface area (Å²) < 4.78 is 65.3. The zero-order valence-electron chi connectivity index (χ0n) is 15.1. The Morgan fingerprint density at radius 3 is 2.11 bits per heavy atom. The van der Waals surface area contributed by atoms with Gasteiger partial charge in [0.25, 0.3) is 0 Å². The number of hydrogen-bond acceptors (Lipinski definition) is 4. The van der Waals surface area contributed by atoms with Crippen LogP contribution >= 0.6 is 0 Å². The maximum Gasteiger partial charge on any atom is 0.416 e. The topological polar surface area (TPSA) is 57.7 Å². The van der Waals surface area contributed by atoms with Gasteiger partial charge in [-0.25, -0.2) is 8.42 Å². The molecule has 9 heteroatoms. The third-order valence-electron chi connectivity index (χ3n) is 4.68. The second kappa shape index (κ2) is 7.56. The number of rotatable bonds is 4. The van der Waals surface area contributed by atoms with Crippen molar-refractivity contribution in [2.45, 2.75) is 18.0 Å². The Kier molecular flexibility index (Phi) is 5.49. The van der Waals surface area contributed by atoms with Crippen LogP contribution in [0.4, 0.5) is 18.9 Å². The van der Waals surface area contributed by atoms with E-state index in [0.717, 1.165) is 17.8 Å². The molecule has 2 aromatic rings. The van der Waals surface area contributed by atoms with E-state index in [1.165, 1.54) is 17.3 Å². The number of carbonyl (C=O) groups is 1. The molecule has 0 unspecified atom stereocenters. The predicted octanol–water partition coefficient (Wildman–Crippen LogP) is 3.42. The number of carbonyl (C=O) groups excluding carboxylic acids is 1. The molecular formula is C19H19F3N2O3S. The van der Waals surface area contributed by atoms with E-state index in [-0.39, 0.29) is 23.8 Å². The van der Waals surface area contributed by atoms with Crippen molar-refractivity contribution in [3.63, 3.8) is 0 Å². The van der Waals surface area contributed by atoms with Crippen LogP contribution in [0.2, 0.25) is 0 Å². The van der Waals surface area contributed by atoms with Crippen molar-refractivity contribution in [2.75, 3.05) is 31.1 Å². The zero-order valence-corrected chi connectivity index (χ0v) is 15.9. The minimum atomic E-state index is -4.60. The molecular weight excluding hydrogens is 393 g/mol. The zero-order chi connectivity index (χ0) is 20.5. The monoisotopic (exact) mass is 412 g/mol. The summed E-state index contributed by atoms with van der Waals surface area (Å²) in [4.78, 5) is 13.0. The first kappa shape index (κ1) is 20.3. The number of benzene rings is 2. The number of piperazine rings is 1. The second-order valence-electron chi connectivity index (χ2n) is 6.52. The van der Waals surface area contributed by atoms with E-state index >= 15 is 0 Å². The molecule has 1 saturated heterocycles. The lowest BCUT2D eigenvalue weighted by molar-refractivity contribution is -0.137. The lowest BCUT2D eigenvalue weighted by atomic mass is 10.1. The van der Waals surface area contributed by atoms with Gasteiger partial charge in [0, 0.05) is 37.4 Å². The molecule has 0 bridgehead atoms. The summed E-state index contributed by atoms with van der Waals surface area (Å²) in [5.74, 6) is -0.0384. The molecule has 0 N–H and O–H groups in total. The van der Waals surface area contributed by atoms with Crippen LogP contribution < -0.4 is 4.90 Å². The van der Waals surface area contributed by atoms with Crippen molar-refractivity contribution in [1.29, 1.82) is 0 Å². The first-order valence-electron chi connectivity index (χ1n) is 8.62. The predicted molar refractivity (Wildman–Crippen MR) is 98.9 cm³/mol. The number of nitrogens with zero attached hydrogens (tertiary/aromatic N) is 2. The van der Waals surface area contributed by atoms with Gasteiger partial charge in [0.05, 0.1) is 10.5 Å². The van der Waals surface area contributed by atoms with E-state index in [1.54, 1.807) is 24.3 Å². The molecule has 1 aliphatic heterocycles. The first-order valence-corrected chi connectivity index (χ1v) is 10.1. The molecule has 5 nitrogen and oxygen atoms in total. The van der Waals surface area contributed by atoms with Crippen LogP contribution in [0.25, 0.3) is 0 Å². The summed E-state index contributed by atoms with van der Waals surface area (Å²) in [7, 11) is -4.01. The minimum absolute atomic E-state index is 0.0384. The van der Waals surface area contributed by atoms with E-state index in [9.17, 15) is 26.4 Å². The Balaban J connectivity index is 1.72. The molecule has 150 valence electrons. The molecule has 0 atom stereocenters. The third-order valence-corrected chi connectivity index (χ3v) is 6.57. The second-order valence-corrected chi connectivity index (χ2v) is 8.46. The van der Waals surface area contributed by atoms with E-state index < -0.39 is 21.8 Å². The molecule has 1 aliphatic rings. The van der Waals surface area contributed by atoms with Crippen molar-refractivity contribution in [1.82, 2.24) is 4.31 Å². The Labute approximate surface area is 161 Å². The quantitative estimate of drug-likeness (QED) is 0.722.